The molecule has 0 saturated carbocycles. The number of hydrogen-bond donors (Lipinski definition) is 0. The summed E-state index contributed by atoms with van der Waals surface area (Å²) in [5.41, 5.74) is 4.87. The fourth-order valence-electron chi connectivity index (χ4n) is 4.97. The second-order valence-electron chi connectivity index (χ2n) is 8.49. The highest BCUT2D eigenvalue weighted by Crippen LogP contribution is 2.39. The molecule has 0 radical (unpaired) electrons. The summed E-state index contributed by atoms with van der Waals surface area (Å²) < 4.78 is 18.2. The van der Waals surface area contributed by atoms with Crippen molar-refractivity contribution in [2.24, 2.45) is 7.05 Å². The van der Waals surface area contributed by atoms with Gasteiger partial charge in [-0.25, -0.2) is 9.67 Å². The predicted molar refractivity (Wildman–Crippen MR) is 126 cm³/mol. The van der Waals surface area contributed by atoms with Crippen LogP contribution in [0.5, 0.6) is 17.4 Å². The van der Waals surface area contributed by atoms with Gasteiger partial charge in [0.2, 0.25) is 11.8 Å². The number of ether oxygens (including phenoxy) is 3. The van der Waals surface area contributed by atoms with Crippen LogP contribution in [-0.4, -0.2) is 53.4 Å². The number of amides is 1. The maximum Gasteiger partial charge on any atom is 0.242 e. The fraction of sp³-hybridized carbons (Fsp3) is 0.480. The number of methoxy groups -OCH3 is 3. The summed E-state index contributed by atoms with van der Waals surface area (Å²) in [5, 5.41) is 5.33. The van der Waals surface area contributed by atoms with E-state index in [4.69, 9.17) is 19.2 Å². The van der Waals surface area contributed by atoms with Crippen LogP contribution in [0, 0.1) is 13.8 Å². The second kappa shape index (κ2) is 9.29. The van der Waals surface area contributed by atoms with Crippen LogP contribution in [0.25, 0.3) is 11.0 Å². The van der Waals surface area contributed by atoms with Gasteiger partial charge in [-0.3, -0.25) is 4.79 Å². The van der Waals surface area contributed by atoms with Gasteiger partial charge in [-0.2, -0.15) is 0 Å². The van der Waals surface area contributed by atoms with Crippen molar-refractivity contribution in [2.75, 3.05) is 27.9 Å². The molecule has 8 heteroatoms. The summed E-state index contributed by atoms with van der Waals surface area (Å²) in [6.45, 7) is 4.79. The highest BCUT2D eigenvalue weighted by Gasteiger charge is 2.32. The molecule has 8 nitrogen and oxygen atoms in total. The summed E-state index contributed by atoms with van der Waals surface area (Å²) in [5.74, 6) is 2.25. The number of nitrogens with zero attached hydrogens (tertiary/aromatic N) is 4. The van der Waals surface area contributed by atoms with Crippen molar-refractivity contribution in [3.8, 4) is 17.4 Å². The van der Waals surface area contributed by atoms with Crippen LogP contribution in [0.2, 0.25) is 0 Å². The largest absolute Gasteiger partial charge is 0.497 e. The lowest BCUT2D eigenvalue weighted by molar-refractivity contribution is -0.132. The molecule has 176 valence electrons. The number of rotatable bonds is 7. The number of hydrogen-bond acceptors (Lipinski definition) is 6. The maximum atomic E-state index is 13.4. The molecule has 0 bridgehead atoms. The lowest BCUT2D eigenvalue weighted by Crippen LogP contribution is -2.31. The molecule has 33 heavy (non-hydrogen) atoms. The molecule has 1 aliphatic rings. The van der Waals surface area contributed by atoms with Gasteiger partial charge < -0.3 is 19.1 Å². The molecule has 1 saturated heterocycles. The first kappa shape index (κ1) is 22.9. The minimum atomic E-state index is -0.0104. The first-order valence-corrected chi connectivity index (χ1v) is 11.3. The zero-order valence-corrected chi connectivity index (χ0v) is 20.3. The number of aryl methyl sites for hydroxylation is 3. The molecular formula is C25H32N4O4. The smallest absolute Gasteiger partial charge is 0.242 e. The maximum absolute atomic E-state index is 13.4. The van der Waals surface area contributed by atoms with E-state index >= 15 is 0 Å². The molecule has 0 unspecified atom stereocenters. The molecule has 0 N–H and O–H groups in total. The topological polar surface area (TPSA) is 78.7 Å². The Morgan fingerprint density at radius 2 is 1.94 bits per heavy atom. The van der Waals surface area contributed by atoms with E-state index in [-0.39, 0.29) is 11.9 Å². The van der Waals surface area contributed by atoms with Gasteiger partial charge in [0.25, 0.3) is 0 Å². The molecule has 0 spiro atoms. The number of fused-ring (bicyclic) bond motifs is 1. The summed E-state index contributed by atoms with van der Waals surface area (Å²) >= 11 is 0. The predicted octanol–water partition coefficient (Wildman–Crippen LogP) is 3.91. The van der Waals surface area contributed by atoms with Crippen LogP contribution in [0.3, 0.4) is 0 Å². The molecule has 1 atom stereocenters. The number of carbonyl (C=O) groups is 1. The van der Waals surface area contributed by atoms with E-state index in [0.29, 0.717) is 18.7 Å². The highest BCUT2D eigenvalue weighted by atomic mass is 16.5. The third-order valence-electron chi connectivity index (χ3n) is 6.67. The van der Waals surface area contributed by atoms with Crippen LogP contribution in [0.4, 0.5) is 0 Å². The average Bonchev–Trinajstić information content (AvgIpc) is 3.43. The van der Waals surface area contributed by atoms with E-state index < -0.39 is 0 Å². The third-order valence-corrected chi connectivity index (χ3v) is 6.67. The van der Waals surface area contributed by atoms with Gasteiger partial charge in [0, 0.05) is 31.3 Å². The Balaban J connectivity index is 1.58. The summed E-state index contributed by atoms with van der Waals surface area (Å²) in [7, 11) is 6.79. The van der Waals surface area contributed by atoms with E-state index in [1.165, 1.54) is 0 Å². The monoisotopic (exact) mass is 452 g/mol. The van der Waals surface area contributed by atoms with Gasteiger partial charge in [-0.1, -0.05) is 0 Å². The summed E-state index contributed by atoms with van der Waals surface area (Å²) in [6.07, 6.45) is 2.92. The Morgan fingerprint density at radius 3 is 2.64 bits per heavy atom. The standard InChI is InChI=1S/C25H32N4O4/c1-15-18(16(2)26-24-23(15)25(33-6)27-28(24)3)10-12-22(30)29-13-7-8-20(29)19-14-17(31-4)9-11-21(19)32-5/h9,11,14,20H,7-8,10,12-13H2,1-6H3/t20-/m0/s1. The van der Waals surface area contributed by atoms with Gasteiger partial charge in [-0.05, 0) is 62.4 Å². The van der Waals surface area contributed by atoms with E-state index in [0.717, 1.165) is 64.3 Å². The third kappa shape index (κ3) is 4.10. The van der Waals surface area contributed by atoms with Gasteiger partial charge in [-0.15, -0.1) is 5.10 Å². The molecule has 1 aromatic carbocycles. The van der Waals surface area contributed by atoms with Crippen molar-refractivity contribution in [1.29, 1.82) is 0 Å². The Morgan fingerprint density at radius 1 is 1.15 bits per heavy atom. The highest BCUT2D eigenvalue weighted by molar-refractivity contribution is 5.86. The number of benzene rings is 1. The molecule has 3 heterocycles. The normalized spacial score (nSPS) is 15.8. The number of likely N-dealkylation sites (tertiary alicyclic amines) is 1. The quantitative estimate of drug-likeness (QED) is 0.541. The molecule has 0 aliphatic carbocycles. The molecule has 3 aromatic rings. The lowest BCUT2D eigenvalue weighted by Gasteiger charge is -2.27. The number of pyridine rings is 1. The van der Waals surface area contributed by atoms with E-state index in [2.05, 4.69) is 12.0 Å². The minimum absolute atomic E-state index is 0.0104. The van der Waals surface area contributed by atoms with Crippen molar-refractivity contribution in [3.05, 3.63) is 40.6 Å². The zero-order chi connectivity index (χ0) is 23.7. The Kier molecular flexibility index (Phi) is 6.44. The molecule has 1 amide bonds. The van der Waals surface area contributed by atoms with Gasteiger partial charge in [0.05, 0.1) is 32.8 Å². The fourth-order valence-corrected chi connectivity index (χ4v) is 4.97. The summed E-state index contributed by atoms with van der Waals surface area (Å²) in [6, 6.07) is 5.76. The van der Waals surface area contributed by atoms with Crippen LogP contribution in [-0.2, 0) is 18.3 Å². The number of aromatic nitrogens is 3. The lowest BCUT2D eigenvalue weighted by atomic mass is 9.99. The van der Waals surface area contributed by atoms with Crippen molar-refractivity contribution in [3.63, 3.8) is 0 Å². The Hall–Kier alpha value is -3.29. The second-order valence-corrected chi connectivity index (χ2v) is 8.49. The first-order valence-electron chi connectivity index (χ1n) is 11.3. The molecule has 2 aromatic heterocycles. The Labute approximate surface area is 194 Å². The van der Waals surface area contributed by atoms with E-state index in [1.807, 2.05) is 37.1 Å². The zero-order valence-electron chi connectivity index (χ0n) is 20.3. The SMILES string of the molecule is COc1ccc(OC)c([C@@H]2CCCN2C(=O)CCc2c(C)nc3c(c(OC)nn3C)c2C)c1. The van der Waals surface area contributed by atoms with Crippen LogP contribution >= 0.6 is 0 Å². The van der Waals surface area contributed by atoms with Crippen LogP contribution < -0.4 is 14.2 Å². The average molecular weight is 453 g/mol. The number of carbonyl (C=O) groups excluding carboxylic acids is 1. The minimum Gasteiger partial charge on any atom is -0.497 e. The Bertz CT molecular complexity index is 1190. The van der Waals surface area contributed by atoms with E-state index in [9.17, 15) is 4.79 Å². The van der Waals surface area contributed by atoms with Crippen molar-refractivity contribution in [1.82, 2.24) is 19.7 Å². The van der Waals surface area contributed by atoms with Crippen LogP contribution in [0.1, 0.15) is 47.7 Å². The first-order chi connectivity index (χ1) is 15.9. The van der Waals surface area contributed by atoms with Gasteiger partial charge in [0.1, 0.15) is 11.5 Å². The van der Waals surface area contributed by atoms with E-state index in [1.54, 1.807) is 26.0 Å². The molecular weight excluding hydrogens is 420 g/mol. The molecule has 1 aliphatic heterocycles. The van der Waals surface area contributed by atoms with Gasteiger partial charge in [0.15, 0.2) is 5.65 Å². The molecule has 4 rings (SSSR count). The van der Waals surface area contributed by atoms with Crippen molar-refractivity contribution >= 4 is 16.9 Å². The van der Waals surface area contributed by atoms with Crippen molar-refractivity contribution in [2.45, 2.75) is 45.6 Å². The van der Waals surface area contributed by atoms with Crippen LogP contribution in [0.15, 0.2) is 18.2 Å². The van der Waals surface area contributed by atoms with Gasteiger partial charge >= 0.3 is 0 Å². The van der Waals surface area contributed by atoms with Crippen molar-refractivity contribution < 1.29 is 19.0 Å². The molecule has 1 fully saturated rings. The summed E-state index contributed by atoms with van der Waals surface area (Å²) in [4.78, 5) is 20.1.